The van der Waals surface area contributed by atoms with E-state index in [4.69, 9.17) is 4.74 Å². The van der Waals surface area contributed by atoms with Gasteiger partial charge in [0.15, 0.2) is 0 Å². The summed E-state index contributed by atoms with van der Waals surface area (Å²) in [5.74, 6) is -0.113. The van der Waals surface area contributed by atoms with E-state index in [2.05, 4.69) is 17.1 Å². The lowest BCUT2D eigenvalue weighted by Gasteiger charge is -2.09. The van der Waals surface area contributed by atoms with Gasteiger partial charge >= 0.3 is 5.97 Å². The van der Waals surface area contributed by atoms with Gasteiger partial charge in [0.05, 0.1) is 12.5 Å². The zero-order valence-corrected chi connectivity index (χ0v) is 13.4. The first kappa shape index (κ1) is 15.7. The first-order valence-electron chi connectivity index (χ1n) is 7.37. The maximum Gasteiger partial charge on any atom is 0.308 e. The summed E-state index contributed by atoms with van der Waals surface area (Å²) < 4.78 is 5.02. The Balaban J connectivity index is 1.82. The Bertz CT molecular complexity index is 565. The Morgan fingerprint density at radius 2 is 2.10 bits per heavy atom. The van der Waals surface area contributed by atoms with Crippen LogP contribution in [0.1, 0.15) is 31.6 Å². The minimum atomic E-state index is -0.0909. The Kier molecular flexibility index (Phi) is 5.93. The zero-order valence-electron chi connectivity index (χ0n) is 12.5. The Hall–Kier alpha value is -1.68. The van der Waals surface area contributed by atoms with Crippen LogP contribution in [0.4, 0.5) is 0 Å². The van der Waals surface area contributed by atoms with Crippen molar-refractivity contribution < 1.29 is 9.53 Å². The molecule has 112 valence electrons. The third-order valence-corrected chi connectivity index (χ3v) is 4.43. The fourth-order valence-corrected chi connectivity index (χ4v) is 3.08. The molecule has 3 nitrogen and oxygen atoms in total. The number of carbonyl (C=O) groups is 1. The molecule has 21 heavy (non-hydrogen) atoms. The van der Waals surface area contributed by atoms with Crippen LogP contribution < -0.4 is 0 Å². The molecule has 2 aromatic rings. The highest BCUT2D eigenvalue weighted by atomic mass is 32.1. The summed E-state index contributed by atoms with van der Waals surface area (Å²) >= 11 is 1.73. The van der Waals surface area contributed by atoms with Gasteiger partial charge in [-0.3, -0.25) is 4.79 Å². The molecule has 1 heterocycles. The van der Waals surface area contributed by atoms with Gasteiger partial charge in [-0.15, -0.1) is 11.3 Å². The van der Waals surface area contributed by atoms with E-state index in [1.165, 1.54) is 4.88 Å². The van der Waals surface area contributed by atoms with Crippen LogP contribution in [0.15, 0.2) is 36.5 Å². The molecule has 4 heteroatoms. The second-order valence-electron chi connectivity index (χ2n) is 5.04. The number of esters is 1. The molecule has 0 bridgehead atoms. The van der Waals surface area contributed by atoms with Gasteiger partial charge in [0.2, 0.25) is 0 Å². The van der Waals surface area contributed by atoms with Crippen LogP contribution in [0.2, 0.25) is 0 Å². The van der Waals surface area contributed by atoms with Crippen LogP contribution in [0.25, 0.3) is 10.6 Å². The largest absolute Gasteiger partial charge is 0.466 e. The highest BCUT2D eigenvalue weighted by Gasteiger charge is 2.13. The average molecular weight is 303 g/mol. The molecule has 1 unspecified atom stereocenters. The third kappa shape index (κ3) is 4.67. The molecular weight excluding hydrogens is 282 g/mol. The molecule has 0 aliphatic heterocycles. The van der Waals surface area contributed by atoms with Crippen molar-refractivity contribution in [3.8, 4) is 10.6 Å². The van der Waals surface area contributed by atoms with E-state index in [-0.39, 0.29) is 11.9 Å². The molecule has 1 atom stereocenters. The molecule has 0 N–H and O–H groups in total. The number of thiazole rings is 1. The van der Waals surface area contributed by atoms with E-state index in [0.29, 0.717) is 6.61 Å². The van der Waals surface area contributed by atoms with Gasteiger partial charge in [-0.2, -0.15) is 0 Å². The fraction of sp³-hybridized carbons (Fsp3) is 0.412. The molecule has 0 aliphatic carbocycles. The van der Waals surface area contributed by atoms with Crippen molar-refractivity contribution in [1.29, 1.82) is 0 Å². The van der Waals surface area contributed by atoms with E-state index < -0.39 is 0 Å². The first-order chi connectivity index (χ1) is 10.2. The monoisotopic (exact) mass is 303 g/mol. The zero-order chi connectivity index (χ0) is 15.1. The standard InChI is InChI=1S/C17H21NO2S/c1-3-20-17(19)13(2)8-7-11-15-12-18-16(21-15)14-9-5-4-6-10-14/h4-6,9-10,12-13H,3,7-8,11H2,1-2H3. The molecule has 0 radical (unpaired) electrons. The molecular formula is C17H21NO2S. The molecule has 0 saturated heterocycles. The van der Waals surface area contributed by atoms with Gasteiger partial charge < -0.3 is 4.74 Å². The van der Waals surface area contributed by atoms with E-state index in [1.807, 2.05) is 38.2 Å². The van der Waals surface area contributed by atoms with Crippen LogP contribution in [-0.4, -0.2) is 17.6 Å². The van der Waals surface area contributed by atoms with Gasteiger partial charge in [-0.05, 0) is 26.2 Å². The number of aryl methyl sites for hydroxylation is 1. The number of hydrogen-bond acceptors (Lipinski definition) is 4. The van der Waals surface area contributed by atoms with Gasteiger partial charge in [0.1, 0.15) is 5.01 Å². The summed E-state index contributed by atoms with van der Waals surface area (Å²) in [7, 11) is 0. The minimum Gasteiger partial charge on any atom is -0.466 e. The summed E-state index contributed by atoms with van der Waals surface area (Å²) in [5, 5.41) is 1.06. The van der Waals surface area contributed by atoms with E-state index >= 15 is 0 Å². The Labute approximate surface area is 130 Å². The number of carbonyl (C=O) groups excluding carboxylic acids is 1. The van der Waals surface area contributed by atoms with E-state index in [9.17, 15) is 4.79 Å². The topological polar surface area (TPSA) is 39.2 Å². The van der Waals surface area contributed by atoms with Crippen molar-refractivity contribution in [2.45, 2.75) is 33.1 Å². The van der Waals surface area contributed by atoms with Crippen molar-refractivity contribution in [2.24, 2.45) is 5.92 Å². The van der Waals surface area contributed by atoms with Crippen molar-refractivity contribution in [1.82, 2.24) is 4.98 Å². The lowest BCUT2D eigenvalue weighted by Crippen LogP contribution is -2.14. The Morgan fingerprint density at radius 1 is 1.33 bits per heavy atom. The summed E-state index contributed by atoms with van der Waals surface area (Å²) in [5.41, 5.74) is 1.16. The quantitative estimate of drug-likeness (QED) is 0.715. The highest BCUT2D eigenvalue weighted by molar-refractivity contribution is 7.15. The number of rotatable bonds is 7. The maximum absolute atomic E-state index is 11.5. The molecule has 0 fully saturated rings. The SMILES string of the molecule is CCOC(=O)C(C)CCCc1cnc(-c2ccccc2)s1. The second kappa shape index (κ2) is 7.93. The van der Waals surface area contributed by atoms with Gasteiger partial charge in [-0.1, -0.05) is 37.3 Å². The van der Waals surface area contributed by atoms with Crippen molar-refractivity contribution >= 4 is 17.3 Å². The van der Waals surface area contributed by atoms with Crippen LogP contribution in [-0.2, 0) is 16.0 Å². The molecule has 2 rings (SSSR count). The fourth-order valence-electron chi connectivity index (χ4n) is 2.12. The predicted octanol–water partition coefficient (Wildman–Crippen LogP) is 4.33. The Morgan fingerprint density at radius 3 is 2.81 bits per heavy atom. The number of benzene rings is 1. The van der Waals surface area contributed by atoms with Gasteiger partial charge in [-0.25, -0.2) is 4.98 Å². The lowest BCUT2D eigenvalue weighted by atomic mass is 10.0. The molecule has 1 aromatic carbocycles. The number of aromatic nitrogens is 1. The molecule has 0 aliphatic rings. The van der Waals surface area contributed by atoms with Crippen LogP contribution in [0.3, 0.4) is 0 Å². The molecule has 0 saturated carbocycles. The predicted molar refractivity (Wildman–Crippen MR) is 86.3 cm³/mol. The molecule has 0 amide bonds. The number of nitrogens with zero attached hydrogens (tertiary/aromatic N) is 1. The summed E-state index contributed by atoms with van der Waals surface area (Å²) in [4.78, 5) is 17.3. The third-order valence-electron chi connectivity index (χ3n) is 3.32. The minimum absolute atomic E-state index is 0.0218. The first-order valence-corrected chi connectivity index (χ1v) is 8.19. The van der Waals surface area contributed by atoms with Crippen LogP contribution in [0, 0.1) is 5.92 Å². The van der Waals surface area contributed by atoms with E-state index in [0.717, 1.165) is 29.8 Å². The average Bonchev–Trinajstić information content (AvgIpc) is 2.97. The van der Waals surface area contributed by atoms with E-state index in [1.54, 1.807) is 11.3 Å². The highest BCUT2D eigenvalue weighted by Crippen LogP contribution is 2.26. The second-order valence-corrected chi connectivity index (χ2v) is 6.16. The van der Waals surface area contributed by atoms with Crippen molar-refractivity contribution in [2.75, 3.05) is 6.61 Å². The van der Waals surface area contributed by atoms with Gasteiger partial charge in [0.25, 0.3) is 0 Å². The van der Waals surface area contributed by atoms with Crippen molar-refractivity contribution in [3.63, 3.8) is 0 Å². The summed E-state index contributed by atoms with van der Waals surface area (Å²) in [6, 6.07) is 10.2. The summed E-state index contributed by atoms with van der Waals surface area (Å²) in [6.45, 7) is 4.23. The summed E-state index contributed by atoms with van der Waals surface area (Å²) in [6.07, 6.45) is 4.75. The van der Waals surface area contributed by atoms with Crippen LogP contribution >= 0.6 is 11.3 Å². The maximum atomic E-state index is 11.5. The normalized spacial score (nSPS) is 12.1. The van der Waals surface area contributed by atoms with Gasteiger partial charge in [0, 0.05) is 16.6 Å². The lowest BCUT2D eigenvalue weighted by molar-refractivity contribution is -0.147. The van der Waals surface area contributed by atoms with Crippen LogP contribution in [0.5, 0.6) is 0 Å². The smallest absolute Gasteiger partial charge is 0.308 e. The molecule has 1 aromatic heterocycles. The number of ether oxygens (including phenoxy) is 1. The molecule has 0 spiro atoms. The van der Waals surface area contributed by atoms with Crippen molar-refractivity contribution in [3.05, 3.63) is 41.4 Å². The number of hydrogen-bond donors (Lipinski definition) is 0.